The Kier molecular flexibility index (Phi) is 8.82. The molecule has 2 heterocycles. The number of benzene rings is 1. The quantitative estimate of drug-likeness (QED) is 0.373. The van der Waals surface area contributed by atoms with Crippen LogP contribution in [-0.2, 0) is 11.3 Å². The molecule has 0 fully saturated rings. The van der Waals surface area contributed by atoms with Crippen molar-refractivity contribution in [2.45, 2.75) is 52.4 Å². The van der Waals surface area contributed by atoms with Crippen molar-refractivity contribution in [1.82, 2.24) is 20.1 Å². The highest BCUT2D eigenvalue weighted by Gasteiger charge is 2.22. The molecule has 3 aromatic rings. The number of nitrogens with zero attached hydrogens (tertiary/aromatic N) is 3. The summed E-state index contributed by atoms with van der Waals surface area (Å²) >= 11 is 1.36. The van der Waals surface area contributed by atoms with E-state index in [-0.39, 0.29) is 23.6 Å². The second kappa shape index (κ2) is 11.8. The molecule has 8 nitrogen and oxygen atoms in total. The number of furan rings is 1. The van der Waals surface area contributed by atoms with Gasteiger partial charge in [0.05, 0.1) is 31.3 Å². The first-order valence-electron chi connectivity index (χ1n) is 11.3. The third kappa shape index (κ3) is 6.10. The van der Waals surface area contributed by atoms with Gasteiger partial charge >= 0.3 is 0 Å². The van der Waals surface area contributed by atoms with Crippen molar-refractivity contribution in [3.05, 3.63) is 42.2 Å². The summed E-state index contributed by atoms with van der Waals surface area (Å²) in [5.74, 6) is 3.05. The van der Waals surface area contributed by atoms with Crippen LogP contribution in [0.25, 0.3) is 11.6 Å². The fourth-order valence-electron chi connectivity index (χ4n) is 3.51. The topological polar surface area (TPSA) is 91.4 Å². The van der Waals surface area contributed by atoms with Crippen molar-refractivity contribution in [3.8, 4) is 23.1 Å². The first-order valence-corrected chi connectivity index (χ1v) is 12.3. The number of nitrogens with one attached hydrogen (secondary N) is 1. The molecule has 0 aliphatic heterocycles. The van der Waals surface area contributed by atoms with Crippen LogP contribution in [0.5, 0.6) is 11.5 Å². The molecule has 1 amide bonds. The number of amides is 1. The van der Waals surface area contributed by atoms with Gasteiger partial charge in [-0.1, -0.05) is 31.7 Å². The first-order chi connectivity index (χ1) is 16.0. The summed E-state index contributed by atoms with van der Waals surface area (Å²) in [5, 5.41) is 12.3. The summed E-state index contributed by atoms with van der Waals surface area (Å²) in [7, 11) is 0. The lowest BCUT2D eigenvalue weighted by Crippen LogP contribution is -2.33. The van der Waals surface area contributed by atoms with Gasteiger partial charge in [-0.15, -0.1) is 10.2 Å². The van der Waals surface area contributed by atoms with Crippen LogP contribution in [0.15, 0.2) is 46.2 Å². The van der Waals surface area contributed by atoms with Crippen LogP contribution in [0.4, 0.5) is 0 Å². The highest BCUT2D eigenvalue weighted by atomic mass is 32.2. The Morgan fingerprint density at radius 1 is 1.12 bits per heavy atom. The Hall–Kier alpha value is -2.94. The smallest absolute Gasteiger partial charge is 0.230 e. The third-order valence-corrected chi connectivity index (χ3v) is 5.98. The van der Waals surface area contributed by atoms with Gasteiger partial charge in [-0.05, 0) is 56.5 Å². The van der Waals surface area contributed by atoms with E-state index in [1.165, 1.54) is 11.8 Å². The first kappa shape index (κ1) is 24.7. The summed E-state index contributed by atoms with van der Waals surface area (Å²) < 4.78 is 18.8. The van der Waals surface area contributed by atoms with E-state index in [4.69, 9.17) is 13.9 Å². The molecule has 0 saturated heterocycles. The van der Waals surface area contributed by atoms with Gasteiger partial charge < -0.3 is 19.2 Å². The molecule has 2 aromatic heterocycles. The van der Waals surface area contributed by atoms with Gasteiger partial charge in [0.25, 0.3) is 0 Å². The van der Waals surface area contributed by atoms with E-state index in [0.717, 1.165) is 5.56 Å². The zero-order valence-corrected chi connectivity index (χ0v) is 20.6. The maximum atomic E-state index is 12.9. The second-order valence-corrected chi connectivity index (χ2v) is 8.62. The summed E-state index contributed by atoms with van der Waals surface area (Å²) in [6.07, 6.45) is 1.61. The highest BCUT2D eigenvalue weighted by molar-refractivity contribution is 7.99. The predicted octanol–water partition coefficient (Wildman–Crippen LogP) is 4.96. The molecule has 0 aliphatic rings. The monoisotopic (exact) mass is 472 g/mol. The molecule has 0 aliphatic carbocycles. The summed E-state index contributed by atoms with van der Waals surface area (Å²) in [6.45, 7) is 11.8. The summed E-state index contributed by atoms with van der Waals surface area (Å²) in [4.78, 5) is 12.9. The van der Waals surface area contributed by atoms with Gasteiger partial charge in [-0.25, -0.2) is 0 Å². The molecule has 1 N–H and O–H groups in total. The van der Waals surface area contributed by atoms with Crippen LogP contribution in [0.1, 0.15) is 46.2 Å². The highest BCUT2D eigenvalue weighted by Crippen LogP contribution is 2.33. The molecule has 1 aromatic carbocycles. The van der Waals surface area contributed by atoms with E-state index in [1.807, 2.05) is 55.7 Å². The van der Waals surface area contributed by atoms with Crippen LogP contribution in [0, 0.1) is 5.92 Å². The van der Waals surface area contributed by atoms with Crippen LogP contribution in [-0.4, -0.2) is 39.6 Å². The predicted molar refractivity (Wildman–Crippen MR) is 129 cm³/mol. The molecule has 3 rings (SSSR count). The largest absolute Gasteiger partial charge is 0.490 e. The number of hydrogen-bond donors (Lipinski definition) is 1. The molecule has 0 bridgehead atoms. The molecular formula is C24H32N4O4S. The molecule has 0 radical (unpaired) electrons. The van der Waals surface area contributed by atoms with Gasteiger partial charge in [0.15, 0.2) is 28.2 Å². The number of ether oxygens (including phenoxy) is 2. The van der Waals surface area contributed by atoms with Crippen molar-refractivity contribution in [2.75, 3.05) is 19.0 Å². The number of thioether (sulfide) groups is 1. The zero-order valence-electron chi connectivity index (χ0n) is 19.8. The minimum atomic E-state index is -0.157. The van der Waals surface area contributed by atoms with Crippen molar-refractivity contribution in [1.29, 1.82) is 0 Å². The van der Waals surface area contributed by atoms with Crippen LogP contribution >= 0.6 is 11.8 Å². The van der Waals surface area contributed by atoms with E-state index >= 15 is 0 Å². The Balaban J connectivity index is 1.70. The van der Waals surface area contributed by atoms with E-state index < -0.39 is 0 Å². The fourth-order valence-corrected chi connectivity index (χ4v) is 4.32. The third-order valence-electron chi connectivity index (χ3n) is 5.02. The number of rotatable bonds is 12. The lowest BCUT2D eigenvalue weighted by molar-refractivity contribution is -0.119. The summed E-state index contributed by atoms with van der Waals surface area (Å²) in [5.41, 5.74) is 0.979. The molecule has 33 heavy (non-hydrogen) atoms. The molecule has 0 saturated carbocycles. The van der Waals surface area contributed by atoms with Gasteiger partial charge in [0.1, 0.15) is 0 Å². The average molecular weight is 473 g/mol. The molecule has 178 valence electrons. The fraction of sp³-hybridized carbons (Fsp3) is 0.458. The van der Waals surface area contributed by atoms with E-state index in [9.17, 15) is 4.79 Å². The number of hydrogen-bond acceptors (Lipinski definition) is 7. The van der Waals surface area contributed by atoms with Crippen LogP contribution < -0.4 is 14.8 Å². The molecule has 1 atom stereocenters. The van der Waals surface area contributed by atoms with Crippen molar-refractivity contribution in [3.63, 3.8) is 0 Å². The summed E-state index contributed by atoms with van der Waals surface area (Å²) in [6, 6.07) is 9.34. The van der Waals surface area contributed by atoms with E-state index in [1.54, 1.807) is 6.26 Å². The lowest BCUT2D eigenvalue weighted by Gasteiger charge is -2.24. The van der Waals surface area contributed by atoms with Gasteiger partial charge in [0, 0.05) is 6.54 Å². The van der Waals surface area contributed by atoms with Gasteiger partial charge in [0.2, 0.25) is 5.91 Å². The van der Waals surface area contributed by atoms with E-state index in [2.05, 4.69) is 29.4 Å². The minimum Gasteiger partial charge on any atom is -0.490 e. The number of carbonyl (C=O) groups is 1. The molecule has 9 heteroatoms. The van der Waals surface area contributed by atoms with E-state index in [0.29, 0.717) is 48.0 Å². The maximum absolute atomic E-state index is 12.9. The van der Waals surface area contributed by atoms with Crippen molar-refractivity contribution >= 4 is 17.7 Å². The minimum absolute atomic E-state index is 0.0734. The average Bonchev–Trinajstić information content (AvgIpc) is 3.46. The molecule has 0 spiro atoms. The van der Waals surface area contributed by atoms with Crippen molar-refractivity contribution in [2.24, 2.45) is 5.92 Å². The van der Waals surface area contributed by atoms with Crippen molar-refractivity contribution < 1.29 is 18.7 Å². The number of aromatic nitrogens is 3. The Morgan fingerprint density at radius 3 is 2.52 bits per heavy atom. The zero-order chi connectivity index (χ0) is 23.8. The van der Waals surface area contributed by atoms with Crippen LogP contribution in [0.3, 0.4) is 0 Å². The Morgan fingerprint density at radius 2 is 1.88 bits per heavy atom. The Bertz CT molecular complexity index is 1030. The maximum Gasteiger partial charge on any atom is 0.230 e. The van der Waals surface area contributed by atoms with Crippen LogP contribution in [0.2, 0.25) is 0 Å². The Labute approximate surface area is 199 Å². The lowest BCUT2D eigenvalue weighted by atomic mass is 9.95. The molecular weight excluding hydrogens is 440 g/mol. The molecule has 1 unspecified atom stereocenters. The normalized spacial score (nSPS) is 12.1. The number of carbonyl (C=O) groups excluding carboxylic acids is 1. The van der Waals surface area contributed by atoms with Gasteiger partial charge in [-0.3, -0.25) is 9.36 Å². The SMILES string of the molecule is CCOc1ccc(C(NC(=O)CSc2nnc(-c3ccco3)n2CC)C(C)C)cc1OCC. The standard InChI is InChI=1S/C24H32N4O4S/c1-6-28-23(19-10-9-13-32-19)26-27-24(28)33-15-21(29)25-22(16(4)5)17-11-12-18(30-7-2)20(14-17)31-8-3/h9-14,16,22H,6-8,15H2,1-5H3,(H,25,29). The van der Waals surface area contributed by atoms with Gasteiger partial charge in [-0.2, -0.15) is 0 Å². The second-order valence-electron chi connectivity index (χ2n) is 7.68.